The molecular weight excluding hydrogens is 725 g/mol. The summed E-state index contributed by atoms with van der Waals surface area (Å²) in [5.41, 5.74) is 12.1. The van der Waals surface area contributed by atoms with E-state index in [0.29, 0.717) is 18.4 Å². The molecule has 0 fully saturated rings. The van der Waals surface area contributed by atoms with Crippen LogP contribution in [0.2, 0.25) is 0 Å². The van der Waals surface area contributed by atoms with Crippen LogP contribution in [-0.4, -0.2) is 4.98 Å². The molecule has 232 valence electrons. The van der Waals surface area contributed by atoms with Crippen LogP contribution in [0.1, 0.15) is 67.3 Å². The van der Waals surface area contributed by atoms with Crippen LogP contribution in [0.3, 0.4) is 0 Å². The van der Waals surface area contributed by atoms with E-state index in [4.69, 9.17) is 15.6 Å². The standard InChI is InChI=1S/C40H39N3.2CH3.Hf/c1-25(2)32-17-11-18-33(26(3)4)40(32)43-36-19-10-15-30-22-23-35(42-39(30)36)37-31(21-20-29-14-7-8-16-34(29)37)24-41-38-27(5)12-9-13-28(38)6;;;/h7-23,25-26H,24H2,1-6H3;2*1H3;/q-2;2*-1;+4. The average Bonchev–Trinajstić information content (AvgIpc) is 3.00. The SMILES string of the molecule is Cc1cccc(C)c1[N-]Cc1ccc2ccccc2c1-c1ccc2cccc([N-]c3c(C(C)C)cccc3C(C)C)c2n1.[CH3-].[CH3-].[Hf+4]. The molecule has 0 N–H and O–H groups in total. The zero-order valence-corrected chi connectivity index (χ0v) is 32.1. The second-order valence-electron chi connectivity index (χ2n) is 12.1. The number of aromatic nitrogens is 1. The van der Waals surface area contributed by atoms with Gasteiger partial charge in [0.25, 0.3) is 0 Å². The summed E-state index contributed by atoms with van der Waals surface area (Å²) < 4.78 is 0. The fourth-order valence-corrected chi connectivity index (χ4v) is 6.09. The van der Waals surface area contributed by atoms with Crippen LogP contribution >= 0.6 is 0 Å². The Hall–Kier alpha value is -3.76. The third kappa shape index (κ3) is 7.28. The molecule has 0 unspecified atom stereocenters. The van der Waals surface area contributed by atoms with Gasteiger partial charge in [0.2, 0.25) is 0 Å². The van der Waals surface area contributed by atoms with Gasteiger partial charge in [-0.25, -0.2) is 4.98 Å². The molecule has 0 saturated heterocycles. The molecule has 0 radical (unpaired) electrons. The topological polar surface area (TPSA) is 41.1 Å². The van der Waals surface area contributed by atoms with Crippen molar-refractivity contribution in [1.82, 2.24) is 4.98 Å². The Bertz CT molecular complexity index is 1890. The number of fused-ring (bicyclic) bond motifs is 2. The molecule has 3 nitrogen and oxygen atoms in total. The van der Waals surface area contributed by atoms with Crippen molar-refractivity contribution in [3.8, 4) is 11.3 Å². The molecule has 4 heteroatoms. The van der Waals surface area contributed by atoms with Crippen molar-refractivity contribution in [3.63, 3.8) is 0 Å². The largest absolute Gasteiger partial charge is 4.00 e. The number of hydrogen-bond donors (Lipinski definition) is 0. The average molecular weight is 770 g/mol. The molecule has 0 spiro atoms. The van der Waals surface area contributed by atoms with Gasteiger partial charge in [0.15, 0.2) is 0 Å². The second-order valence-corrected chi connectivity index (χ2v) is 12.1. The van der Waals surface area contributed by atoms with Crippen LogP contribution in [0, 0.1) is 28.7 Å². The van der Waals surface area contributed by atoms with E-state index in [-0.39, 0.29) is 40.7 Å². The van der Waals surface area contributed by atoms with E-state index < -0.39 is 0 Å². The van der Waals surface area contributed by atoms with E-state index in [9.17, 15) is 0 Å². The van der Waals surface area contributed by atoms with E-state index in [1.54, 1.807) is 0 Å². The molecule has 6 rings (SSSR count). The van der Waals surface area contributed by atoms with Crippen molar-refractivity contribution in [2.75, 3.05) is 0 Å². The third-order valence-electron chi connectivity index (χ3n) is 8.39. The second kappa shape index (κ2) is 15.7. The van der Waals surface area contributed by atoms with Crippen LogP contribution in [0.4, 0.5) is 17.1 Å². The Balaban J connectivity index is 0.00000192. The molecule has 0 amide bonds. The first-order valence-electron chi connectivity index (χ1n) is 15.3. The predicted molar refractivity (Wildman–Crippen MR) is 197 cm³/mol. The Morgan fingerprint density at radius 1 is 0.609 bits per heavy atom. The number of para-hydroxylation sites is 3. The van der Waals surface area contributed by atoms with E-state index in [2.05, 4.69) is 145 Å². The van der Waals surface area contributed by atoms with Crippen molar-refractivity contribution in [2.45, 2.75) is 59.9 Å². The minimum absolute atomic E-state index is 0. The fourth-order valence-electron chi connectivity index (χ4n) is 6.09. The van der Waals surface area contributed by atoms with Crippen LogP contribution in [0.15, 0.2) is 103 Å². The molecular formula is C42H45HfN3. The van der Waals surface area contributed by atoms with Gasteiger partial charge in [-0.15, -0.1) is 23.6 Å². The molecule has 0 atom stereocenters. The number of pyridine rings is 1. The summed E-state index contributed by atoms with van der Waals surface area (Å²) in [5.74, 6) is 0.740. The zero-order valence-electron chi connectivity index (χ0n) is 28.5. The monoisotopic (exact) mass is 771 g/mol. The zero-order chi connectivity index (χ0) is 30.1. The first-order valence-corrected chi connectivity index (χ1v) is 15.3. The van der Waals surface area contributed by atoms with E-state index in [0.717, 1.165) is 44.8 Å². The summed E-state index contributed by atoms with van der Waals surface area (Å²) in [4.78, 5) is 5.36. The van der Waals surface area contributed by atoms with Crippen molar-refractivity contribution in [2.24, 2.45) is 0 Å². The first kappa shape index (κ1) is 36.7. The van der Waals surface area contributed by atoms with Crippen LogP contribution in [0.5, 0.6) is 0 Å². The Morgan fingerprint density at radius 2 is 1.20 bits per heavy atom. The van der Waals surface area contributed by atoms with Crippen molar-refractivity contribution >= 4 is 38.7 Å². The van der Waals surface area contributed by atoms with Gasteiger partial charge in [-0.3, -0.25) is 0 Å². The molecule has 0 bridgehead atoms. The molecule has 1 heterocycles. The summed E-state index contributed by atoms with van der Waals surface area (Å²) in [6.45, 7) is 13.8. The summed E-state index contributed by atoms with van der Waals surface area (Å²) in [5, 5.41) is 13.9. The fraction of sp³-hybridized carbons (Fsp3) is 0.214. The third-order valence-corrected chi connectivity index (χ3v) is 8.39. The first-order chi connectivity index (χ1) is 20.8. The minimum atomic E-state index is 0. The van der Waals surface area contributed by atoms with E-state index in [1.807, 2.05) is 0 Å². The maximum Gasteiger partial charge on any atom is 4.00 e. The normalized spacial score (nSPS) is 10.8. The van der Waals surface area contributed by atoms with Crippen LogP contribution < -0.4 is 0 Å². The van der Waals surface area contributed by atoms with Gasteiger partial charge in [-0.05, 0) is 47.9 Å². The van der Waals surface area contributed by atoms with Gasteiger partial charge in [-0.2, -0.15) is 0 Å². The molecule has 6 aromatic rings. The van der Waals surface area contributed by atoms with Gasteiger partial charge in [-0.1, -0.05) is 153 Å². The minimum Gasteiger partial charge on any atom is -0.680 e. The molecule has 0 aliphatic heterocycles. The van der Waals surface area contributed by atoms with Crippen LogP contribution in [-0.2, 0) is 32.4 Å². The van der Waals surface area contributed by atoms with Crippen molar-refractivity contribution in [1.29, 1.82) is 0 Å². The Labute approximate surface area is 295 Å². The van der Waals surface area contributed by atoms with Gasteiger partial charge in [0.1, 0.15) is 0 Å². The molecule has 0 aliphatic carbocycles. The molecule has 46 heavy (non-hydrogen) atoms. The molecule has 1 aromatic heterocycles. The molecule has 5 aromatic carbocycles. The predicted octanol–water partition coefficient (Wildman–Crippen LogP) is 13.4. The van der Waals surface area contributed by atoms with E-state index >= 15 is 0 Å². The van der Waals surface area contributed by atoms with Gasteiger partial charge in [0.05, 0.1) is 11.2 Å². The number of benzene rings is 5. The number of rotatable bonds is 8. The van der Waals surface area contributed by atoms with Gasteiger partial charge < -0.3 is 25.5 Å². The number of hydrogen-bond acceptors (Lipinski definition) is 1. The summed E-state index contributed by atoms with van der Waals surface area (Å²) in [7, 11) is 0. The molecule has 0 aliphatic rings. The Morgan fingerprint density at radius 3 is 1.87 bits per heavy atom. The maximum atomic E-state index is 5.36. The quantitative estimate of drug-likeness (QED) is 0.112. The summed E-state index contributed by atoms with van der Waals surface area (Å²) >= 11 is 0. The number of nitrogens with zero attached hydrogens (tertiary/aromatic N) is 3. The Kier molecular flexibility index (Phi) is 12.5. The van der Waals surface area contributed by atoms with Crippen molar-refractivity contribution < 1.29 is 25.8 Å². The smallest absolute Gasteiger partial charge is 0.680 e. The number of aryl methyl sites for hydroxylation is 2. The van der Waals surface area contributed by atoms with E-state index in [1.165, 1.54) is 33.0 Å². The van der Waals surface area contributed by atoms with Gasteiger partial charge >= 0.3 is 25.8 Å². The summed E-state index contributed by atoms with van der Waals surface area (Å²) in [6, 6.07) is 36.6. The molecule has 0 saturated carbocycles. The summed E-state index contributed by atoms with van der Waals surface area (Å²) in [6.07, 6.45) is 0. The van der Waals surface area contributed by atoms with Crippen molar-refractivity contribution in [3.05, 3.63) is 156 Å². The van der Waals surface area contributed by atoms with Crippen LogP contribution in [0.25, 0.3) is 43.6 Å². The maximum absolute atomic E-state index is 5.36. The van der Waals surface area contributed by atoms with Gasteiger partial charge in [0, 0.05) is 5.56 Å².